The number of aromatic nitrogens is 4. The van der Waals surface area contributed by atoms with Gasteiger partial charge in [0.25, 0.3) is 0 Å². The summed E-state index contributed by atoms with van der Waals surface area (Å²) in [5, 5.41) is 17.8. The molecule has 7 nitrogen and oxygen atoms in total. The van der Waals surface area contributed by atoms with Crippen molar-refractivity contribution >= 4 is 33.2 Å². The fraction of sp³-hybridized carbons (Fsp3) is 0.421. The maximum atomic E-state index is 9.92. The average Bonchev–Trinajstić information content (AvgIpc) is 3.28. The van der Waals surface area contributed by atoms with Crippen LogP contribution >= 0.6 is 15.9 Å². The van der Waals surface area contributed by atoms with Gasteiger partial charge in [0.05, 0.1) is 23.3 Å². The number of nitrogens with zero attached hydrogens (tertiary/aromatic N) is 5. The molecule has 27 heavy (non-hydrogen) atoms. The van der Waals surface area contributed by atoms with E-state index in [0.29, 0.717) is 18.4 Å². The zero-order valence-electron chi connectivity index (χ0n) is 15.4. The second-order valence-electron chi connectivity index (χ2n) is 7.18. The highest BCUT2D eigenvalue weighted by atomic mass is 79.9. The van der Waals surface area contributed by atoms with Gasteiger partial charge in [-0.2, -0.15) is 9.61 Å². The molecule has 0 aliphatic heterocycles. The fourth-order valence-corrected chi connectivity index (χ4v) is 3.88. The summed E-state index contributed by atoms with van der Waals surface area (Å²) >= 11 is 3.53. The van der Waals surface area contributed by atoms with Crippen molar-refractivity contribution in [2.75, 3.05) is 23.9 Å². The van der Waals surface area contributed by atoms with E-state index in [1.165, 1.54) is 0 Å². The van der Waals surface area contributed by atoms with Crippen LogP contribution < -0.4 is 10.2 Å². The molecule has 3 atom stereocenters. The summed E-state index contributed by atoms with van der Waals surface area (Å²) in [6.45, 7) is 2.99. The third-order valence-corrected chi connectivity index (χ3v) is 5.88. The minimum absolute atomic E-state index is 0.0721. The molecule has 1 unspecified atom stereocenters. The van der Waals surface area contributed by atoms with Crippen LogP contribution in [0.15, 0.2) is 41.3 Å². The zero-order chi connectivity index (χ0) is 19.0. The van der Waals surface area contributed by atoms with Gasteiger partial charge in [-0.15, -0.1) is 0 Å². The lowest BCUT2D eigenvalue weighted by molar-refractivity contribution is 0.246. The maximum Gasteiger partial charge on any atom is 0.173 e. The Morgan fingerprint density at radius 1 is 1.44 bits per heavy atom. The van der Waals surface area contributed by atoms with E-state index in [2.05, 4.69) is 43.2 Å². The summed E-state index contributed by atoms with van der Waals surface area (Å²) in [4.78, 5) is 11.0. The van der Waals surface area contributed by atoms with E-state index in [1.807, 2.05) is 31.4 Å². The molecule has 3 heterocycles. The minimum atomic E-state index is 0.0721. The Morgan fingerprint density at radius 2 is 2.26 bits per heavy atom. The Morgan fingerprint density at radius 3 is 2.93 bits per heavy atom. The first-order valence-corrected chi connectivity index (χ1v) is 9.88. The van der Waals surface area contributed by atoms with E-state index in [4.69, 9.17) is 4.98 Å². The second-order valence-corrected chi connectivity index (χ2v) is 8.03. The molecule has 0 bridgehead atoms. The van der Waals surface area contributed by atoms with Gasteiger partial charge >= 0.3 is 0 Å². The highest BCUT2D eigenvalue weighted by Crippen LogP contribution is 2.43. The van der Waals surface area contributed by atoms with Gasteiger partial charge in [-0.05, 0) is 45.8 Å². The molecule has 1 aliphatic rings. The first-order chi connectivity index (χ1) is 13.1. The number of pyridine rings is 1. The molecule has 8 heteroatoms. The quantitative estimate of drug-likeness (QED) is 0.599. The number of hydrogen-bond acceptors (Lipinski definition) is 6. The van der Waals surface area contributed by atoms with Crippen molar-refractivity contribution in [2.45, 2.75) is 25.9 Å². The minimum Gasteiger partial charge on any atom is -0.394 e. The van der Waals surface area contributed by atoms with Crippen LogP contribution in [0.1, 0.15) is 18.9 Å². The Bertz CT molecular complexity index is 931. The van der Waals surface area contributed by atoms with E-state index in [9.17, 15) is 5.11 Å². The van der Waals surface area contributed by atoms with Gasteiger partial charge in [0.15, 0.2) is 5.65 Å². The Balaban J connectivity index is 1.66. The molecule has 142 valence electrons. The molecule has 1 fully saturated rings. The Kier molecular flexibility index (Phi) is 5.01. The summed E-state index contributed by atoms with van der Waals surface area (Å²) in [5.74, 6) is 2.82. The molecule has 3 aromatic heterocycles. The summed E-state index contributed by atoms with van der Waals surface area (Å²) in [5.41, 5.74) is 1.83. The van der Waals surface area contributed by atoms with Crippen molar-refractivity contribution in [3.8, 4) is 0 Å². The standard InChI is InChI=1S/C19H23BrN6O/c1-12-6-14(12)16(11-27)25(2)18-7-17(22-9-13-4-3-5-21-8-13)26-19(24-18)15(20)10-23-26/h3-5,7-8,10,12,14,16,22,27H,6,9,11H2,1-2H3/t12?,14-,16-/m1/s1. The first kappa shape index (κ1) is 18.2. The number of fused-ring (bicyclic) bond motifs is 1. The highest BCUT2D eigenvalue weighted by molar-refractivity contribution is 9.10. The lowest BCUT2D eigenvalue weighted by atomic mass is 10.1. The monoisotopic (exact) mass is 430 g/mol. The molecule has 0 radical (unpaired) electrons. The largest absolute Gasteiger partial charge is 0.394 e. The van der Waals surface area contributed by atoms with Crippen LogP contribution in [0.4, 0.5) is 11.6 Å². The van der Waals surface area contributed by atoms with E-state index < -0.39 is 0 Å². The van der Waals surface area contributed by atoms with Crippen molar-refractivity contribution in [2.24, 2.45) is 11.8 Å². The molecule has 4 rings (SSSR count). The van der Waals surface area contributed by atoms with Crippen molar-refractivity contribution in [3.63, 3.8) is 0 Å². The van der Waals surface area contributed by atoms with Gasteiger partial charge < -0.3 is 15.3 Å². The summed E-state index contributed by atoms with van der Waals surface area (Å²) in [6.07, 6.45) is 6.50. The predicted octanol–water partition coefficient (Wildman–Crippen LogP) is 2.95. The van der Waals surface area contributed by atoms with E-state index in [1.54, 1.807) is 16.9 Å². The van der Waals surface area contributed by atoms with Gasteiger partial charge in [0, 0.05) is 32.1 Å². The van der Waals surface area contributed by atoms with Crippen LogP contribution in [0, 0.1) is 11.8 Å². The van der Waals surface area contributed by atoms with Gasteiger partial charge in [0.2, 0.25) is 0 Å². The van der Waals surface area contributed by atoms with Crippen molar-refractivity contribution in [1.29, 1.82) is 0 Å². The average molecular weight is 431 g/mol. The number of anilines is 2. The number of halogens is 1. The third-order valence-electron chi connectivity index (χ3n) is 5.32. The van der Waals surface area contributed by atoms with Gasteiger partial charge in [0.1, 0.15) is 11.6 Å². The number of rotatable bonds is 7. The molecule has 0 amide bonds. The van der Waals surface area contributed by atoms with Crippen LogP contribution in [0.25, 0.3) is 5.65 Å². The van der Waals surface area contributed by atoms with Crippen LogP contribution in [-0.2, 0) is 6.54 Å². The molecule has 0 spiro atoms. The van der Waals surface area contributed by atoms with Crippen molar-refractivity contribution in [1.82, 2.24) is 19.6 Å². The SMILES string of the molecule is CC1C[C@H]1[C@@H](CO)N(C)c1cc(NCc2cccnc2)n2ncc(Br)c2n1. The molecule has 0 aromatic carbocycles. The molecule has 1 saturated carbocycles. The number of aliphatic hydroxyl groups is 1. The highest BCUT2D eigenvalue weighted by Gasteiger charge is 2.41. The van der Waals surface area contributed by atoms with Crippen LogP contribution in [-0.4, -0.2) is 44.4 Å². The van der Waals surface area contributed by atoms with Crippen molar-refractivity contribution in [3.05, 3.63) is 46.8 Å². The summed E-state index contributed by atoms with van der Waals surface area (Å²) in [7, 11) is 2.00. The van der Waals surface area contributed by atoms with Gasteiger partial charge in [-0.3, -0.25) is 4.98 Å². The van der Waals surface area contributed by atoms with Gasteiger partial charge in [-0.25, -0.2) is 4.98 Å². The van der Waals surface area contributed by atoms with E-state index >= 15 is 0 Å². The topological polar surface area (TPSA) is 78.6 Å². The molecule has 1 aliphatic carbocycles. The fourth-order valence-electron chi connectivity index (χ4n) is 3.53. The Labute approximate surface area is 166 Å². The van der Waals surface area contributed by atoms with Gasteiger partial charge in [-0.1, -0.05) is 13.0 Å². The lowest BCUT2D eigenvalue weighted by Gasteiger charge is -2.28. The molecular formula is C19H23BrN6O. The molecule has 2 N–H and O–H groups in total. The third kappa shape index (κ3) is 3.64. The molecule has 0 saturated heterocycles. The summed E-state index contributed by atoms with van der Waals surface area (Å²) < 4.78 is 2.62. The van der Waals surface area contributed by atoms with E-state index in [-0.39, 0.29) is 12.6 Å². The zero-order valence-corrected chi connectivity index (χ0v) is 17.0. The van der Waals surface area contributed by atoms with E-state index in [0.717, 1.165) is 33.7 Å². The number of nitrogens with one attached hydrogen (secondary N) is 1. The van der Waals surface area contributed by atoms with Crippen LogP contribution in [0.5, 0.6) is 0 Å². The number of aliphatic hydroxyl groups excluding tert-OH is 1. The Hall–Kier alpha value is -2.19. The van der Waals surface area contributed by atoms with Crippen LogP contribution in [0.3, 0.4) is 0 Å². The second kappa shape index (κ2) is 7.44. The first-order valence-electron chi connectivity index (χ1n) is 9.09. The molecular weight excluding hydrogens is 408 g/mol. The maximum absolute atomic E-state index is 9.92. The van der Waals surface area contributed by atoms with Crippen LogP contribution in [0.2, 0.25) is 0 Å². The number of likely N-dealkylation sites (N-methyl/N-ethyl adjacent to an activating group) is 1. The van der Waals surface area contributed by atoms with Crippen molar-refractivity contribution < 1.29 is 5.11 Å². The summed E-state index contributed by atoms with van der Waals surface area (Å²) in [6, 6.07) is 6.01. The lowest BCUT2D eigenvalue weighted by Crippen LogP contribution is -2.37. The normalized spacial score (nSPS) is 19.9. The smallest absolute Gasteiger partial charge is 0.173 e. The molecule has 3 aromatic rings. The predicted molar refractivity (Wildman–Crippen MR) is 109 cm³/mol. The number of hydrogen-bond donors (Lipinski definition) is 2.